The predicted octanol–water partition coefficient (Wildman–Crippen LogP) is 4.94. The zero-order valence-corrected chi connectivity index (χ0v) is 23.3. The van der Waals surface area contributed by atoms with E-state index in [2.05, 4.69) is 0 Å². The smallest absolute Gasteiger partial charge is 0.458 e. The lowest BCUT2D eigenvalue weighted by atomic mass is 10.1. The Hall–Kier alpha value is -4.32. The van der Waals surface area contributed by atoms with Gasteiger partial charge in [-0.15, -0.1) is 0 Å². The van der Waals surface area contributed by atoms with Crippen LogP contribution in [0.4, 0.5) is 14.4 Å². The van der Waals surface area contributed by atoms with Crippen LogP contribution in [0.25, 0.3) is 0 Å². The van der Waals surface area contributed by atoms with Crippen molar-refractivity contribution in [1.29, 1.82) is 0 Å². The van der Waals surface area contributed by atoms with Gasteiger partial charge in [0.2, 0.25) is 0 Å². The van der Waals surface area contributed by atoms with Crippen LogP contribution in [0.1, 0.15) is 47.1 Å². The lowest BCUT2D eigenvalue weighted by molar-refractivity contribution is -0.155. The molecule has 0 aliphatic heterocycles. The second kappa shape index (κ2) is 15.3. The van der Waals surface area contributed by atoms with Gasteiger partial charge in [-0.05, 0) is 77.8 Å². The molecule has 12 heteroatoms. The minimum atomic E-state index is -1.13. The molecule has 0 bridgehead atoms. The lowest BCUT2D eigenvalue weighted by Crippen LogP contribution is -2.39. The summed E-state index contributed by atoms with van der Waals surface area (Å²) in [4.78, 5) is 48.7. The van der Waals surface area contributed by atoms with Crippen LogP contribution in [0.15, 0.2) is 48.5 Å². The molecule has 0 unspecified atom stereocenters. The number of benzene rings is 2. The number of hydrogen-bond donors (Lipinski definition) is 1. The summed E-state index contributed by atoms with van der Waals surface area (Å²) in [6.45, 7) is 9.65. The van der Waals surface area contributed by atoms with E-state index in [0.29, 0.717) is 11.3 Å². The maximum Gasteiger partial charge on any atom is 0.514 e. The third kappa shape index (κ3) is 11.2. The number of ether oxygens (including phenoxy) is 7. The Morgan fingerprint density at radius 3 is 1.75 bits per heavy atom. The van der Waals surface area contributed by atoms with Crippen molar-refractivity contribution in [3.8, 4) is 17.2 Å². The fourth-order valence-corrected chi connectivity index (χ4v) is 3.02. The van der Waals surface area contributed by atoms with Gasteiger partial charge in [-0.1, -0.05) is 24.3 Å². The third-order valence-corrected chi connectivity index (χ3v) is 5.01. The quantitative estimate of drug-likeness (QED) is 0.224. The van der Waals surface area contributed by atoms with Crippen molar-refractivity contribution in [2.45, 2.75) is 78.4 Å². The summed E-state index contributed by atoms with van der Waals surface area (Å²) in [7, 11) is 0. The van der Waals surface area contributed by atoms with E-state index in [1.165, 1.54) is 18.2 Å². The van der Waals surface area contributed by atoms with E-state index in [4.69, 9.17) is 38.9 Å². The van der Waals surface area contributed by atoms with Gasteiger partial charge in [-0.25, -0.2) is 14.4 Å². The minimum absolute atomic E-state index is 0.0247. The van der Waals surface area contributed by atoms with E-state index >= 15 is 0 Å². The van der Waals surface area contributed by atoms with Crippen molar-refractivity contribution in [3.63, 3.8) is 0 Å². The first-order valence-electron chi connectivity index (χ1n) is 12.6. The minimum Gasteiger partial charge on any atom is -0.458 e. The van der Waals surface area contributed by atoms with Crippen LogP contribution in [0.3, 0.4) is 0 Å². The van der Waals surface area contributed by atoms with Crippen LogP contribution in [-0.4, -0.2) is 54.9 Å². The molecule has 0 spiro atoms. The average molecular weight is 562 g/mol. The van der Waals surface area contributed by atoms with Crippen molar-refractivity contribution in [3.05, 3.63) is 54.1 Å². The van der Waals surface area contributed by atoms with Gasteiger partial charge in [0, 0.05) is 0 Å². The Bertz CT molecular complexity index is 1150. The molecule has 0 fully saturated rings. The second-order valence-corrected chi connectivity index (χ2v) is 9.26. The molecular formula is C28H35NO11. The Balaban J connectivity index is 2.02. The standard InChI is InChI=1S/C28H35NO11/c1-16(2)34-26(31)39-23-13-12-20(15-24(23)40-27(32)35-17(3)4)14-22(29)25(30)36-18(5)19(6)37-28(33)38-21-10-8-7-9-11-21/h7-13,15-19,22H,14,29H2,1-6H3/t18-,19-,22-/m0/s1. The van der Waals surface area contributed by atoms with Crippen LogP contribution >= 0.6 is 0 Å². The Kier molecular flexibility index (Phi) is 12.2. The second-order valence-electron chi connectivity index (χ2n) is 9.26. The Morgan fingerprint density at radius 1 is 0.650 bits per heavy atom. The van der Waals surface area contributed by atoms with Gasteiger partial charge in [0.05, 0.1) is 12.2 Å². The van der Waals surface area contributed by atoms with Crippen LogP contribution in [0.2, 0.25) is 0 Å². The van der Waals surface area contributed by atoms with Crippen LogP contribution < -0.4 is 19.9 Å². The highest BCUT2D eigenvalue weighted by Gasteiger charge is 2.26. The van der Waals surface area contributed by atoms with Gasteiger partial charge in [0.25, 0.3) is 0 Å². The van der Waals surface area contributed by atoms with Crippen molar-refractivity contribution in [2.75, 3.05) is 0 Å². The number of carbonyl (C=O) groups is 4. The molecule has 0 aliphatic carbocycles. The van der Waals surface area contributed by atoms with Gasteiger partial charge in [0.1, 0.15) is 24.0 Å². The monoisotopic (exact) mass is 561 g/mol. The number of carbonyl (C=O) groups excluding carboxylic acids is 4. The van der Waals surface area contributed by atoms with Crippen molar-refractivity contribution < 1.29 is 52.3 Å². The topological polar surface area (TPSA) is 159 Å². The van der Waals surface area contributed by atoms with E-state index in [1.807, 2.05) is 0 Å². The SMILES string of the molecule is CC(C)OC(=O)Oc1ccc(C[C@H](N)C(=O)O[C@@H](C)[C@H](C)OC(=O)Oc2ccccc2)cc1OC(=O)OC(C)C. The number of rotatable bonds is 11. The number of esters is 1. The summed E-state index contributed by atoms with van der Waals surface area (Å²) in [5, 5.41) is 0. The normalized spacial score (nSPS) is 13.0. The van der Waals surface area contributed by atoms with Gasteiger partial charge in [-0.3, -0.25) is 4.79 Å². The van der Waals surface area contributed by atoms with E-state index in [1.54, 1.807) is 71.9 Å². The molecule has 2 N–H and O–H groups in total. The molecule has 0 radical (unpaired) electrons. The molecule has 2 aromatic carbocycles. The zero-order valence-electron chi connectivity index (χ0n) is 23.3. The van der Waals surface area contributed by atoms with E-state index in [-0.39, 0.29) is 17.9 Å². The molecule has 12 nitrogen and oxygen atoms in total. The first kappa shape index (κ1) is 31.9. The summed E-state index contributed by atoms with van der Waals surface area (Å²) in [6.07, 6.45) is -5.55. The highest BCUT2D eigenvalue weighted by molar-refractivity contribution is 5.76. The fourth-order valence-electron chi connectivity index (χ4n) is 3.02. The molecular weight excluding hydrogens is 526 g/mol. The van der Waals surface area contributed by atoms with Gasteiger partial charge in [0.15, 0.2) is 11.5 Å². The van der Waals surface area contributed by atoms with Crippen LogP contribution in [0.5, 0.6) is 17.2 Å². The number of para-hydroxylation sites is 1. The highest BCUT2D eigenvalue weighted by atomic mass is 16.8. The summed E-state index contributed by atoms with van der Waals surface area (Å²) in [5.74, 6) is -0.702. The molecule has 0 saturated carbocycles. The van der Waals surface area contributed by atoms with E-state index < -0.39 is 54.9 Å². The Labute approximate surface area is 232 Å². The summed E-state index contributed by atoms with van der Waals surface area (Å²) >= 11 is 0. The van der Waals surface area contributed by atoms with Crippen LogP contribution in [-0.2, 0) is 30.2 Å². The van der Waals surface area contributed by atoms with Gasteiger partial charge in [-0.2, -0.15) is 0 Å². The average Bonchev–Trinajstić information content (AvgIpc) is 2.85. The molecule has 218 valence electrons. The van der Waals surface area contributed by atoms with Gasteiger partial charge >= 0.3 is 24.4 Å². The molecule has 3 atom stereocenters. The number of nitrogens with two attached hydrogens (primary N) is 1. The van der Waals surface area contributed by atoms with E-state index in [0.717, 1.165) is 0 Å². The summed E-state index contributed by atoms with van der Waals surface area (Å²) < 4.78 is 35.9. The molecule has 2 aromatic rings. The van der Waals surface area contributed by atoms with Crippen molar-refractivity contribution in [2.24, 2.45) is 5.73 Å². The highest BCUT2D eigenvalue weighted by Crippen LogP contribution is 2.30. The maximum atomic E-state index is 12.6. The number of hydrogen-bond acceptors (Lipinski definition) is 12. The molecule has 0 aromatic heterocycles. The molecule has 0 saturated heterocycles. The van der Waals surface area contributed by atoms with E-state index in [9.17, 15) is 19.2 Å². The molecule has 0 amide bonds. The van der Waals surface area contributed by atoms with Crippen LogP contribution in [0, 0.1) is 0 Å². The zero-order chi connectivity index (χ0) is 29.8. The van der Waals surface area contributed by atoms with Gasteiger partial charge < -0.3 is 38.9 Å². The summed E-state index contributed by atoms with van der Waals surface area (Å²) in [6, 6.07) is 11.5. The molecule has 40 heavy (non-hydrogen) atoms. The van der Waals surface area contributed by atoms with Crippen molar-refractivity contribution in [1.82, 2.24) is 0 Å². The van der Waals surface area contributed by atoms with Crippen molar-refractivity contribution >= 4 is 24.4 Å². The Morgan fingerprint density at radius 2 is 1.18 bits per heavy atom. The third-order valence-electron chi connectivity index (χ3n) is 5.01. The lowest BCUT2D eigenvalue weighted by Gasteiger charge is -2.22. The molecule has 2 rings (SSSR count). The molecule has 0 heterocycles. The first-order valence-corrected chi connectivity index (χ1v) is 12.6. The largest absolute Gasteiger partial charge is 0.514 e. The first-order chi connectivity index (χ1) is 18.8. The fraction of sp³-hybridized carbons (Fsp3) is 0.429. The molecule has 0 aliphatic rings. The summed E-state index contributed by atoms with van der Waals surface area (Å²) in [5.41, 5.74) is 6.51. The maximum absolute atomic E-state index is 12.6. The predicted molar refractivity (Wildman–Crippen MR) is 141 cm³/mol.